The quantitative estimate of drug-likeness (QED) is 0.508. The van der Waals surface area contributed by atoms with Gasteiger partial charge in [-0.15, -0.1) is 0 Å². The molecule has 0 bridgehead atoms. The number of benzene rings is 3. The maximum absolute atomic E-state index is 5.53. The van der Waals surface area contributed by atoms with Gasteiger partial charge >= 0.3 is 0 Å². The van der Waals surface area contributed by atoms with Gasteiger partial charge in [0.05, 0.1) is 21.3 Å². The molecule has 0 aliphatic carbocycles. The summed E-state index contributed by atoms with van der Waals surface area (Å²) >= 11 is 0. The molecule has 0 aliphatic heterocycles. The summed E-state index contributed by atoms with van der Waals surface area (Å²) < 4.78 is 16.2. The molecule has 0 aromatic heterocycles. The lowest BCUT2D eigenvalue weighted by atomic mass is 9.98. The molecular formula is C25H28O3. The summed E-state index contributed by atoms with van der Waals surface area (Å²) in [5.74, 6) is 2.73. The zero-order valence-electron chi connectivity index (χ0n) is 16.9. The molecule has 3 aromatic carbocycles. The largest absolute Gasteiger partial charge is 0.497 e. The van der Waals surface area contributed by atoms with Crippen LogP contribution in [-0.2, 0) is 25.7 Å². The van der Waals surface area contributed by atoms with Crippen LogP contribution in [0, 0.1) is 0 Å². The molecule has 0 saturated carbocycles. The van der Waals surface area contributed by atoms with Gasteiger partial charge in [-0.1, -0.05) is 30.3 Å². The third-order valence-electron chi connectivity index (χ3n) is 4.93. The molecule has 3 heteroatoms. The molecule has 3 rings (SSSR count). The van der Waals surface area contributed by atoms with Crippen LogP contribution in [0.3, 0.4) is 0 Å². The molecule has 3 nitrogen and oxygen atoms in total. The predicted octanol–water partition coefficient (Wildman–Crippen LogP) is 5.28. The first kappa shape index (κ1) is 19.8. The number of aryl methyl sites for hydroxylation is 4. The minimum absolute atomic E-state index is 0.905. The molecule has 0 amide bonds. The average Bonchev–Trinajstić information content (AvgIpc) is 2.76. The second kappa shape index (κ2) is 9.84. The maximum Gasteiger partial charge on any atom is 0.119 e. The highest BCUT2D eigenvalue weighted by Crippen LogP contribution is 2.22. The Morgan fingerprint density at radius 3 is 1.29 bits per heavy atom. The fourth-order valence-corrected chi connectivity index (χ4v) is 3.37. The second-order valence-corrected chi connectivity index (χ2v) is 6.89. The van der Waals surface area contributed by atoms with Crippen molar-refractivity contribution in [3.05, 3.63) is 89.0 Å². The molecule has 146 valence electrons. The first-order valence-corrected chi connectivity index (χ1v) is 9.63. The second-order valence-electron chi connectivity index (χ2n) is 6.89. The maximum atomic E-state index is 5.53. The van der Waals surface area contributed by atoms with Crippen molar-refractivity contribution in [2.45, 2.75) is 25.7 Å². The van der Waals surface area contributed by atoms with Crippen molar-refractivity contribution >= 4 is 0 Å². The Labute approximate surface area is 167 Å². The summed E-state index contributed by atoms with van der Waals surface area (Å²) in [5, 5.41) is 0. The average molecular weight is 376 g/mol. The predicted molar refractivity (Wildman–Crippen MR) is 114 cm³/mol. The van der Waals surface area contributed by atoms with E-state index in [0.717, 1.165) is 42.9 Å². The van der Waals surface area contributed by atoms with Crippen LogP contribution in [0.4, 0.5) is 0 Å². The number of methoxy groups -OCH3 is 3. The van der Waals surface area contributed by atoms with E-state index >= 15 is 0 Å². The van der Waals surface area contributed by atoms with E-state index in [2.05, 4.69) is 42.5 Å². The summed E-state index contributed by atoms with van der Waals surface area (Å²) in [7, 11) is 5.14. The molecule has 3 aromatic rings. The number of ether oxygens (including phenoxy) is 3. The fraction of sp³-hybridized carbons (Fsp3) is 0.280. The smallest absolute Gasteiger partial charge is 0.119 e. The topological polar surface area (TPSA) is 27.7 Å². The van der Waals surface area contributed by atoms with Gasteiger partial charge in [0.15, 0.2) is 0 Å². The molecule has 0 fully saturated rings. The van der Waals surface area contributed by atoms with Crippen molar-refractivity contribution in [2.24, 2.45) is 0 Å². The summed E-state index contributed by atoms with van der Waals surface area (Å²) in [6.45, 7) is 0. The molecule has 28 heavy (non-hydrogen) atoms. The lowest BCUT2D eigenvalue weighted by molar-refractivity contribution is 0.413. The van der Waals surface area contributed by atoms with E-state index in [1.54, 1.807) is 21.3 Å². The van der Waals surface area contributed by atoms with Gasteiger partial charge in [0.25, 0.3) is 0 Å². The van der Waals surface area contributed by atoms with E-state index in [9.17, 15) is 0 Å². The SMILES string of the molecule is COc1cccc(CCc2cc(CCc3cccc(OC)c3)cc(OC)c2)c1. The van der Waals surface area contributed by atoms with Gasteiger partial charge in [0.2, 0.25) is 0 Å². The molecule has 0 spiro atoms. The molecule has 0 heterocycles. The van der Waals surface area contributed by atoms with Gasteiger partial charge in [0, 0.05) is 0 Å². The van der Waals surface area contributed by atoms with Crippen LogP contribution < -0.4 is 14.2 Å². The number of hydrogen-bond acceptors (Lipinski definition) is 3. The summed E-state index contributed by atoms with van der Waals surface area (Å²) in [6.07, 6.45) is 3.88. The van der Waals surface area contributed by atoms with Crippen LogP contribution in [0.2, 0.25) is 0 Å². The molecule has 0 radical (unpaired) electrons. The van der Waals surface area contributed by atoms with E-state index in [1.165, 1.54) is 22.3 Å². The molecule has 0 atom stereocenters. The van der Waals surface area contributed by atoms with E-state index in [4.69, 9.17) is 14.2 Å². The van der Waals surface area contributed by atoms with Crippen LogP contribution in [-0.4, -0.2) is 21.3 Å². The van der Waals surface area contributed by atoms with E-state index in [-0.39, 0.29) is 0 Å². The summed E-state index contributed by atoms with van der Waals surface area (Å²) in [5.41, 5.74) is 5.14. The van der Waals surface area contributed by atoms with Crippen molar-refractivity contribution in [3.8, 4) is 17.2 Å². The molecule has 0 saturated heterocycles. The summed E-state index contributed by atoms with van der Waals surface area (Å²) in [4.78, 5) is 0. The highest BCUT2D eigenvalue weighted by Gasteiger charge is 2.05. The number of hydrogen-bond donors (Lipinski definition) is 0. The van der Waals surface area contributed by atoms with Gasteiger partial charge < -0.3 is 14.2 Å². The van der Waals surface area contributed by atoms with Gasteiger partial charge in [-0.25, -0.2) is 0 Å². The van der Waals surface area contributed by atoms with Crippen LogP contribution in [0.5, 0.6) is 17.2 Å². The molecule has 0 unspecified atom stereocenters. The first-order chi connectivity index (χ1) is 13.7. The van der Waals surface area contributed by atoms with Crippen LogP contribution in [0.1, 0.15) is 22.3 Å². The Bertz CT molecular complexity index is 832. The van der Waals surface area contributed by atoms with Crippen LogP contribution in [0.25, 0.3) is 0 Å². The van der Waals surface area contributed by atoms with Crippen LogP contribution in [0.15, 0.2) is 66.7 Å². The third kappa shape index (κ3) is 5.53. The minimum atomic E-state index is 0.905. The van der Waals surface area contributed by atoms with Crippen molar-refractivity contribution in [1.82, 2.24) is 0 Å². The van der Waals surface area contributed by atoms with Gasteiger partial charge in [-0.05, 0) is 84.3 Å². The monoisotopic (exact) mass is 376 g/mol. The van der Waals surface area contributed by atoms with Gasteiger partial charge in [-0.3, -0.25) is 0 Å². The highest BCUT2D eigenvalue weighted by atomic mass is 16.5. The van der Waals surface area contributed by atoms with E-state index < -0.39 is 0 Å². The highest BCUT2D eigenvalue weighted by molar-refractivity contribution is 5.37. The molecule has 0 aliphatic rings. The fourth-order valence-electron chi connectivity index (χ4n) is 3.37. The lowest BCUT2D eigenvalue weighted by Crippen LogP contribution is -1.98. The minimum Gasteiger partial charge on any atom is -0.497 e. The van der Waals surface area contributed by atoms with Crippen molar-refractivity contribution < 1.29 is 14.2 Å². The van der Waals surface area contributed by atoms with Crippen molar-refractivity contribution in [2.75, 3.05) is 21.3 Å². The van der Waals surface area contributed by atoms with E-state index in [0.29, 0.717) is 0 Å². The molecular weight excluding hydrogens is 348 g/mol. The first-order valence-electron chi connectivity index (χ1n) is 9.63. The van der Waals surface area contributed by atoms with Gasteiger partial charge in [0.1, 0.15) is 17.2 Å². The van der Waals surface area contributed by atoms with Crippen molar-refractivity contribution in [1.29, 1.82) is 0 Å². The molecule has 0 N–H and O–H groups in total. The Kier molecular flexibility index (Phi) is 6.96. The number of rotatable bonds is 9. The van der Waals surface area contributed by atoms with Gasteiger partial charge in [-0.2, -0.15) is 0 Å². The van der Waals surface area contributed by atoms with Crippen LogP contribution >= 0.6 is 0 Å². The Morgan fingerprint density at radius 1 is 0.464 bits per heavy atom. The Balaban J connectivity index is 1.68. The lowest BCUT2D eigenvalue weighted by Gasteiger charge is -2.11. The van der Waals surface area contributed by atoms with E-state index in [1.807, 2.05) is 24.3 Å². The normalized spacial score (nSPS) is 10.5. The zero-order chi connectivity index (χ0) is 19.8. The summed E-state index contributed by atoms with van der Waals surface area (Å²) in [6, 6.07) is 23.1. The Hall–Kier alpha value is -2.94. The third-order valence-corrected chi connectivity index (χ3v) is 4.93. The zero-order valence-corrected chi connectivity index (χ0v) is 16.9. The Morgan fingerprint density at radius 2 is 0.857 bits per heavy atom. The standard InChI is InChI=1S/C25H28O3/c1-26-23-8-4-6-19(15-23)10-12-21-14-22(18-25(17-21)28-3)13-11-20-7-5-9-24(16-20)27-2/h4-9,14-18H,10-13H2,1-3H3. The van der Waals surface area contributed by atoms with Crippen molar-refractivity contribution in [3.63, 3.8) is 0 Å².